The second kappa shape index (κ2) is 6.14. The number of aryl methyl sites for hydroxylation is 3. The van der Waals surface area contributed by atoms with Crippen LogP contribution in [0.3, 0.4) is 0 Å². The molecule has 2 bridgehead atoms. The normalized spacial score (nSPS) is 22.1. The molecule has 2 aliphatic heterocycles. The van der Waals surface area contributed by atoms with Crippen molar-refractivity contribution in [2.45, 2.75) is 51.2 Å². The number of benzene rings is 2. The molecular weight excluding hydrogens is 340 g/mol. The third-order valence-electron chi connectivity index (χ3n) is 6.50. The van der Waals surface area contributed by atoms with Crippen LogP contribution in [0.1, 0.15) is 41.3 Å². The van der Waals surface area contributed by atoms with Gasteiger partial charge >= 0.3 is 0 Å². The van der Waals surface area contributed by atoms with E-state index in [1.807, 2.05) is 12.1 Å². The van der Waals surface area contributed by atoms with Crippen molar-refractivity contribution in [3.05, 3.63) is 69.9 Å². The van der Waals surface area contributed by atoms with Crippen LogP contribution in [0.15, 0.2) is 42.5 Å². The lowest BCUT2D eigenvalue weighted by molar-refractivity contribution is 0.217. The molecule has 0 radical (unpaired) electrons. The molecule has 3 heterocycles. The lowest BCUT2D eigenvalue weighted by Gasteiger charge is -2.32. The third-order valence-corrected chi connectivity index (χ3v) is 6.75. The predicted molar refractivity (Wildman–Crippen MR) is 109 cm³/mol. The Morgan fingerprint density at radius 3 is 2.69 bits per heavy atom. The monoisotopic (exact) mass is 364 g/mol. The zero-order chi connectivity index (χ0) is 17.8. The fourth-order valence-electron chi connectivity index (χ4n) is 5.11. The third kappa shape index (κ3) is 2.51. The summed E-state index contributed by atoms with van der Waals surface area (Å²) >= 11 is 6.05. The number of hydrogen-bond acceptors (Lipinski definition) is 1. The van der Waals surface area contributed by atoms with Crippen molar-refractivity contribution in [2.24, 2.45) is 0 Å². The minimum atomic E-state index is 0.585. The van der Waals surface area contributed by atoms with Crippen molar-refractivity contribution in [3.8, 4) is 0 Å². The van der Waals surface area contributed by atoms with E-state index >= 15 is 0 Å². The molecule has 2 nitrogen and oxygen atoms in total. The summed E-state index contributed by atoms with van der Waals surface area (Å²) in [7, 11) is 2.32. The van der Waals surface area contributed by atoms with Crippen LogP contribution in [-0.2, 0) is 19.4 Å². The van der Waals surface area contributed by atoms with Gasteiger partial charge in [-0.1, -0.05) is 35.4 Å². The molecule has 26 heavy (non-hydrogen) atoms. The molecule has 2 aromatic carbocycles. The summed E-state index contributed by atoms with van der Waals surface area (Å²) in [6, 6.07) is 16.6. The quantitative estimate of drug-likeness (QED) is 0.592. The van der Waals surface area contributed by atoms with E-state index in [0.717, 1.165) is 24.0 Å². The zero-order valence-corrected chi connectivity index (χ0v) is 16.3. The second-order valence-corrected chi connectivity index (χ2v) is 8.47. The fraction of sp³-hybridized carbons (Fsp3) is 0.391. The molecule has 0 N–H and O–H groups in total. The van der Waals surface area contributed by atoms with Crippen LogP contribution in [0.5, 0.6) is 0 Å². The van der Waals surface area contributed by atoms with Gasteiger partial charge in [0.1, 0.15) is 0 Å². The Bertz CT molecular complexity index is 970. The molecule has 3 heteroatoms. The average molecular weight is 365 g/mol. The Hall–Kier alpha value is -1.77. The van der Waals surface area contributed by atoms with Gasteiger partial charge in [-0.3, -0.25) is 4.90 Å². The number of rotatable bonds is 3. The zero-order valence-electron chi connectivity index (χ0n) is 15.5. The molecule has 1 aromatic heterocycles. The van der Waals surface area contributed by atoms with Crippen molar-refractivity contribution >= 4 is 22.5 Å². The largest absolute Gasteiger partial charge is 0.342 e. The molecule has 134 valence electrons. The van der Waals surface area contributed by atoms with E-state index in [4.69, 9.17) is 11.6 Å². The van der Waals surface area contributed by atoms with Crippen molar-refractivity contribution in [1.29, 1.82) is 0 Å². The van der Waals surface area contributed by atoms with Gasteiger partial charge in [0.15, 0.2) is 0 Å². The highest BCUT2D eigenvalue weighted by Crippen LogP contribution is 2.46. The molecule has 0 saturated carbocycles. The number of nitrogens with zero attached hydrogens (tertiary/aromatic N) is 2. The Balaban J connectivity index is 1.60. The Morgan fingerprint density at radius 2 is 1.88 bits per heavy atom. The van der Waals surface area contributed by atoms with Crippen LogP contribution >= 0.6 is 11.6 Å². The van der Waals surface area contributed by atoms with E-state index in [2.05, 4.69) is 53.8 Å². The number of hydrogen-bond donors (Lipinski definition) is 0. The van der Waals surface area contributed by atoms with Gasteiger partial charge in [-0.25, -0.2) is 0 Å². The summed E-state index contributed by atoms with van der Waals surface area (Å²) in [4.78, 5) is 2.62. The fourth-order valence-corrected chi connectivity index (χ4v) is 5.24. The maximum absolute atomic E-state index is 6.05. The van der Waals surface area contributed by atoms with Crippen LogP contribution in [0, 0.1) is 6.92 Å². The highest BCUT2D eigenvalue weighted by Gasteiger charge is 2.40. The molecule has 2 atom stereocenters. The first-order valence-corrected chi connectivity index (χ1v) is 10.1. The molecule has 1 saturated heterocycles. The Morgan fingerprint density at radius 1 is 1.08 bits per heavy atom. The topological polar surface area (TPSA) is 8.17 Å². The smallest absolute Gasteiger partial charge is 0.0504 e. The number of fused-ring (bicyclic) bond motifs is 6. The van der Waals surface area contributed by atoms with Crippen molar-refractivity contribution < 1.29 is 0 Å². The number of aromatic nitrogens is 1. The molecular formula is C23H25ClN2. The molecule has 0 spiro atoms. The lowest BCUT2D eigenvalue weighted by Crippen LogP contribution is -2.35. The highest BCUT2D eigenvalue weighted by molar-refractivity contribution is 6.30. The standard InChI is InChI=1S/C23H25ClN2/c1-15-3-9-21-19(13-15)20-14-18-8-10-22(25(18)2)23(20)26(21)12-11-16-4-6-17(24)7-5-16/h3-7,9,13,18,22H,8,10-12,14H2,1-2H3. The molecule has 0 amide bonds. The van der Waals surface area contributed by atoms with Crippen LogP contribution in [0.2, 0.25) is 5.02 Å². The van der Waals surface area contributed by atoms with Gasteiger partial charge in [0.05, 0.1) is 6.04 Å². The Kier molecular flexibility index (Phi) is 3.88. The maximum atomic E-state index is 6.05. The van der Waals surface area contributed by atoms with E-state index in [-0.39, 0.29) is 0 Å². The first-order valence-electron chi connectivity index (χ1n) is 9.70. The first kappa shape index (κ1) is 16.4. The minimum Gasteiger partial charge on any atom is -0.342 e. The lowest BCUT2D eigenvalue weighted by atomic mass is 9.97. The van der Waals surface area contributed by atoms with E-state index < -0.39 is 0 Å². The van der Waals surface area contributed by atoms with E-state index in [9.17, 15) is 0 Å². The van der Waals surface area contributed by atoms with Crippen LogP contribution in [-0.4, -0.2) is 22.6 Å². The highest BCUT2D eigenvalue weighted by atomic mass is 35.5. The summed E-state index contributed by atoms with van der Waals surface area (Å²) in [6.07, 6.45) is 4.88. The molecule has 2 unspecified atom stereocenters. The van der Waals surface area contributed by atoms with Crippen molar-refractivity contribution in [3.63, 3.8) is 0 Å². The molecule has 1 fully saturated rings. The van der Waals surface area contributed by atoms with E-state index in [1.165, 1.54) is 41.3 Å². The van der Waals surface area contributed by atoms with Crippen LogP contribution in [0.25, 0.3) is 10.9 Å². The summed E-state index contributed by atoms with van der Waals surface area (Å²) in [5, 5.41) is 2.30. The van der Waals surface area contributed by atoms with Gasteiger partial charge in [0, 0.05) is 34.2 Å². The molecule has 5 rings (SSSR count). The van der Waals surface area contributed by atoms with Gasteiger partial charge in [0.25, 0.3) is 0 Å². The van der Waals surface area contributed by atoms with Gasteiger partial charge in [-0.2, -0.15) is 0 Å². The Labute approximate surface area is 160 Å². The van der Waals surface area contributed by atoms with Gasteiger partial charge < -0.3 is 4.57 Å². The molecule has 3 aromatic rings. The summed E-state index contributed by atoms with van der Waals surface area (Å²) in [6.45, 7) is 3.24. The van der Waals surface area contributed by atoms with Gasteiger partial charge in [-0.15, -0.1) is 0 Å². The minimum absolute atomic E-state index is 0.585. The van der Waals surface area contributed by atoms with Crippen LogP contribution < -0.4 is 0 Å². The first-order chi connectivity index (χ1) is 12.6. The molecule has 2 aliphatic rings. The summed E-state index contributed by atoms with van der Waals surface area (Å²) < 4.78 is 2.61. The average Bonchev–Trinajstić information content (AvgIpc) is 3.05. The van der Waals surface area contributed by atoms with Crippen LogP contribution in [0.4, 0.5) is 0 Å². The van der Waals surface area contributed by atoms with Crippen molar-refractivity contribution in [2.75, 3.05) is 7.05 Å². The number of likely N-dealkylation sites (N-methyl/N-ethyl adjacent to an activating group) is 1. The van der Waals surface area contributed by atoms with Crippen molar-refractivity contribution in [1.82, 2.24) is 9.47 Å². The SMILES string of the molecule is Cc1ccc2c(c1)c1c(n2CCc2ccc(Cl)cc2)C2CCC(C1)N2C. The molecule has 0 aliphatic carbocycles. The van der Waals surface area contributed by atoms with E-state index in [1.54, 1.807) is 11.3 Å². The van der Waals surface area contributed by atoms with Gasteiger partial charge in [-0.05, 0) is 75.0 Å². The maximum Gasteiger partial charge on any atom is 0.0504 e. The summed E-state index contributed by atoms with van der Waals surface area (Å²) in [5.74, 6) is 0. The van der Waals surface area contributed by atoms with E-state index in [0.29, 0.717) is 6.04 Å². The summed E-state index contributed by atoms with van der Waals surface area (Å²) in [5.41, 5.74) is 7.32. The number of halogens is 1. The second-order valence-electron chi connectivity index (χ2n) is 8.03. The van der Waals surface area contributed by atoms with Gasteiger partial charge in [0.2, 0.25) is 0 Å². The predicted octanol–water partition coefficient (Wildman–Crippen LogP) is 5.54.